The van der Waals surface area contributed by atoms with Crippen LogP contribution in [0.15, 0.2) is 60.2 Å². The molecule has 20 heteroatoms. The quantitative estimate of drug-likeness (QED) is 0.122. The highest BCUT2D eigenvalue weighted by Crippen LogP contribution is 2.44. The predicted octanol–water partition coefficient (Wildman–Crippen LogP) is 15.4. The molecule has 8 rings (SSSR count). The van der Waals surface area contributed by atoms with Crippen molar-refractivity contribution >= 4 is 17.3 Å². The lowest BCUT2D eigenvalue weighted by Gasteiger charge is -2.27. The van der Waals surface area contributed by atoms with Crippen LogP contribution in [0.1, 0.15) is 134 Å². The number of ether oxygens (including phenoxy) is 4. The first-order valence-corrected chi connectivity index (χ1v) is 24.1. The Bertz CT molecular complexity index is 2680. The lowest BCUT2D eigenvalue weighted by molar-refractivity contribution is -0.172. The van der Waals surface area contributed by atoms with Crippen molar-refractivity contribution in [3.63, 3.8) is 0 Å². The largest absolute Gasteiger partial charge is 0.493 e. The number of halogens is 13. The second kappa shape index (κ2) is 25.6. The zero-order valence-electron chi connectivity index (χ0n) is 43.7. The van der Waals surface area contributed by atoms with Gasteiger partial charge in [0.1, 0.15) is 46.3 Å². The molecule has 0 fully saturated rings. The predicted molar refractivity (Wildman–Crippen MR) is 265 cm³/mol. The second-order valence-electron chi connectivity index (χ2n) is 20.7. The van der Waals surface area contributed by atoms with Gasteiger partial charge < -0.3 is 18.9 Å². The van der Waals surface area contributed by atoms with Gasteiger partial charge in [-0.3, -0.25) is 14.4 Å². The Morgan fingerprint density at radius 1 is 0.468 bits per heavy atom. The van der Waals surface area contributed by atoms with Gasteiger partial charge in [-0.15, -0.1) is 0 Å². The lowest BCUT2D eigenvalue weighted by atomic mass is 9.78. The number of hydrogen-bond donors (Lipinski definition) is 0. The number of alkyl halides is 9. The molecule has 0 bridgehead atoms. The van der Waals surface area contributed by atoms with E-state index >= 15 is 0 Å². The van der Waals surface area contributed by atoms with Crippen LogP contribution < -0.4 is 18.9 Å². The molecule has 0 saturated heterocycles. The molecule has 77 heavy (non-hydrogen) atoms. The van der Waals surface area contributed by atoms with Crippen molar-refractivity contribution in [2.75, 3.05) is 26.4 Å². The van der Waals surface area contributed by atoms with Crippen LogP contribution in [0.25, 0.3) is 0 Å². The van der Waals surface area contributed by atoms with Crippen LogP contribution in [0.5, 0.6) is 23.0 Å². The number of ketones is 3. The van der Waals surface area contributed by atoms with Gasteiger partial charge in [0.25, 0.3) is 5.78 Å². The molecule has 0 N–H and O–H groups in total. The summed E-state index contributed by atoms with van der Waals surface area (Å²) >= 11 is 0. The molecule has 4 aromatic carbocycles. The van der Waals surface area contributed by atoms with Crippen LogP contribution >= 0.6 is 0 Å². The number of benzene rings is 4. The van der Waals surface area contributed by atoms with Gasteiger partial charge in [-0.2, -0.15) is 39.5 Å². The zero-order chi connectivity index (χ0) is 57.5. The molecule has 0 aliphatic carbocycles. The normalized spacial score (nSPS) is 14.1. The summed E-state index contributed by atoms with van der Waals surface area (Å²) in [6.07, 6.45) is -11.7. The molecule has 4 aliphatic heterocycles. The first-order chi connectivity index (χ1) is 34.9. The smallest absolute Gasteiger partial charge is 0.454 e. The van der Waals surface area contributed by atoms with Gasteiger partial charge in [0.15, 0.2) is 0 Å². The molecule has 7 nitrogen and oxygen atoms in total. The summed E-state index contributed by atoms with van der Waals surface area (Å²) < 4.78 is 184. The van der Waals surface area contributed by atoms with E-state index in [0.29, 0.717) is 84.7 Å². The minimum atomic E-state index is -4.88. The van der Waals surface area contributed by atoms with Gasteiger partial charge in [0, 0.05) is 88.3 Å². The van der Waals surface area contributed by atoms with Crippen LogP contribution in [0.2, 0.25) is 0 Å². The van der Waals surface area contributed by atoms with E-state index in [9.17, 15) is 71.5 Å². The fraction of sp³-hybridized carbons (Fsp3) is 0.491. The first-order valence-electron chi connectivity index (χ1n) is 24.1. The average Bonchev–Trinajstić information content (AvgIpc) is 4.13. The number of hydrogen-bond acceptors (Lipinski definition) is 7. The SMILES string of the molecule is C.CC(C)(CC(=O)C(F)(F)F)c1cc(F)cc2c1OCC2.CC(C)(CC(=O)C(F)(F)F)c1cc(F)cc2c1OCC2.CC(C)=CC(=O)C(F)(F)F.CCC(C)(C)c1cc(F)cc2c1OCC2.Cc1cc(F)cc2c1OCC2. The van der Waals surface area contributed by atoms with E-state index in [4.69, 9.17) is 18.9 Å². The van der Waals surface area contributed by atoms with Gasteiger partial charge in [0.05, 0.1) is 26.4 Å². The number of carbonyl (C=O) groups excluding carboxylic acids is 3. The highest BCUT2D eigenvalue weighted by molar-refractivity contribution is 5.94. The lowest BCUT2D eigenvalue weighted by Crippen LogP contribution is -2.31. The van der Waals surface area contributed by atoms with Gasteiger partial charge >= 0.3 is 18.5 Å². The fourth-order valence-electron chi connectivity index (χ4n) is 8.50. The Kier molecular flexibility index (Phi) is 21.7. The maximum Gasteiger partial charge on any atom is 0.454 e. The number of aryl methyl sites for hydroxylation is 1. The molecule has 426 valence electrons. The Hall–Kier alpha value is -6.08. The zero-order valence-corrected chi connectivity index (χ0v) is 43.7. The summed E-state index contributed by atoms with van der Waals surface area (Å²) in [5.41, 5.74) is 3.85. The van der Waals surface area contributed by atoms with E-state index in [2.05, 4.69) is 20.8 Å². The Morgan fingerprint density at radius 2 is 0.753 bits per heavy atom. The first kappa shape index (κ1) is 65.2. The number of fused-ring (bicyclic) bond motifs is 4. The Labute approximate surface area is 440 Å². The second-order valence-corrected chi connectivity index (χ2v) is 20.7. The van der Waals surface area contributed by atoms with E-state index in [1.165, 1.54) is 59.7 Å². The average molecular weight is 1110 g/mol. The van der Waals surface area contributed by atoms with Gasteiger partial charge in [-0.1, -0.05) is 61.5 Å². The minimum absolute atomic E-state index is 0. The minimum Gasteiger partial charge on any atom is -0.493 e. The van der Waals surface area contributed by atoms with Crippen molar-refractivity contribution < 1.29 is 90.4 Å². The molecule has 4 aromatic rings. The van der Waals surface area contributed by atoms with Crippen LogP contribution in [0.4, 0.5) is 57.1 Å². The van der Waals surface area contributed by atoms with Crippen LogP contribution in [0.3, 0.4) is 0 Å². The highest BCUT2D eigenvalue weighted by Gasteiger charge is 2.44. The summed E-state index contributed by atoms with van der Waals surface area (Å²) in [5, 5.41) is 0. The molecule has 4 heterocycles. The molecule has 4 aliphatic rings. The Balaban J connectivity index is 0.000000259. The van der Waals surface area contributed by atoms with Crippen LogP contribution in [-0.4, -0.2) is 62.3 Å². The summed E-state index contributed by atoms with van der Waals surface area (Å²) in [4.78, 5) is 32.4. The monoisotopic (exact) mass is 1110 g/mol. The van der Waals surface area contributed by atoms with Crippen molar-refractivity contribution in [1.82, 2.24) is 0 Å². The van der Waals surface area contributed by atoms with Crippen LogP contribution in [0, 0.1) is 30.2 Å². The van der Waals surface area contributed by atoms with Gasteiger partial charge in [0.2, 0.25) is 11.6 Å². The van der Waals surface area contributed by atoms with E-state index in [1.807, 2.05) is 6.92 Å². The molecule has 0 radical (unpaired) electrons. The third-order valence-corrected chi connectivity index (χ3v) is 12.8. The van der Waals surface area contributed by atoms with Gasteiger partial charge in [-0.05, 0) is 92.8 Å². The molecular formula is C57H65F13O7. The fourth-order valence-corrected chi connectivity index (χ4v) is 8.50. The van der Waals surface area contributed by atoms with Crippen molar-refractivity contribution in [2.24, 2.45) is 0 Å². The van der Waals surface area contributed by atoms with Gasteiger partial charge in [-0.25, -0.2) is 17.6 Å². The van der Waals surface area contributed by atoms with E-state index in [-0.39, 0.29) is 24.5 Å². The number of allylic oxidation sites excluding steroid dienone is 2. The standard InChI is InChI=1S/2C14H14F4O2.C13H17FO.C9H9FO.C6H7F3O.CH4/c2*1-13(2,7-11(19)14(16,17)18)10-6-9(15)5-8-3-4-20-12(8)10;1-4-13(2,3)11-8-10(14)7-9-5-6-15-12(9)11;1-6-4-8(10)5-7-2-3-11-9(6)7;1-4(2)3-5(10)6(7,8)9;/h2*5-6H,3-4,7H2,1-2H3;7-8H,4-6H2,1-3H3;4-5H,2-3H2,1H3;3H,1-2H3;1H4. The summed E-state index contributed by atoms with van der Waals surface area (Å²) in [7, 11) is 0. The number of rotatable bonds is 9. The summed E-state index contributed by atoms with van der Waals surface area (Å²) in [6, 6.07) is 11.2. The number of carbonyl (C=O) groups is 3. The molecule has 0 amide bonds. The molecule has 0 unspecified atom stereocenters. The van der Waals surface area contributed by atoms with E-state index in [0.717, 1.165) is 65.1 Å². The van der Waals surface area contributed by atoms with Crippen LogP contribution in [-0.2, 0) is 56.3 Å². The van der Waals surface area contributed by atoms with Crippen molar-refractivity contribution in [1.29, 1.82) is 0 Å². The third-order valence-electron chi connectivity index (χ3n) is 12.8. The van der Waals surface area contributed by atoms with Crippen molar-refractivity contribution in [3.05, 3.63) is 128 Å². The van der Waals surface area contributed by atoms with Crippen molar-refractivity contribution in [2.45, 2.75) is 156 Å². The molecular weight excluding hydrogens is 1040 g/mol. The van der Waals surface area contributed by atoms with Crippen molar-refractivity contribution in [3.8, 4) is 23.0 Å². The molecule has 0 spiro atoms. The summed E-state index contributed by atoms with van der Waals surface area (Å²) in [6.45, 7) is 19.1. The van der Waals surface area contributed by atoms with E-state index < -0.39 is 71.2 Å². The molecule has 0 aromatic heterocycles. The maximum absolute atomic E-state index is 13.6. The molecule has 0 atom stereocenters. The third kappa shape index (κ3) is 17.7. The topological polar surface area (TPSA) is 88.1 Å². The number of Topliss-reactive ketones (excluding diaryl/α,β-unsaturated/α-hetero) is 2. The maximum atomic E-state index is 13.6. The van der Waals surface area contributed by atoms with E-state index in [1.54, 1.807) is 18.2 Å². The Morgan fingerprint density at radius 3 is 1.03 bits per heavy atom. The highest BCUT2D eigenvalue weighted by atomic mass is 19.4. The summed E-state index contributed by atoms with van der Waals surface area (Å²) in [5.74, 6) is -4.19. The molecule has 0 saturated carbocycles.